The van der Waals surface area contributed by atoms with Crippen LogP contribution in [0.3, 0.4) is 0 Å². The zero-order valence-corrected chi connectivity index (χ0v) is 14.4. The highest BCUT2D eigenvalue weighted by Gasteiger charge is 2.30. The molecule has 0 bridgehead atoms. The maximum atomic E-state index is 6.38. The minimum Gasteiger partial charge on any atom is -0.310 e. The number of hydrogen-bond donors (Lipinski definition) is 1. The van der Waals surface area contributed by atoms with E-state index in [0.29, 0.717) is 12.1 Å². The molecule has 0 heterocycles. The fourth-order valence-electron chi connectivity index (χ4n) is 2.92. The number of hydrogen-bond acceptors (Lipinski definition) is 2. The lowest BCUT2D eigenvalue weighted by molar-refractivity contribution is 0.222. The highest BCUT2D eigenvalue weighted by molar-refractivity contribution is 6.31. The summed E-state index contributed by atoms with van der Waals surface area (Å²) in [6.45, 7) is 6.72. The van der Waals surface area contributed by atoms with Crippen LogP contribution in [-0.4, -0.2) is 31.1 Å². The molecule has 2 atom stereocenters. The van der Waals surface area contributed by atoms with Gasteiger partial charge in [0.2, 0.25) is 0 Å². The van der Waals surface area contributed by atoms with Crippen molar-refractivity contribution in [1.82, 2.24) is 10.2 Å². The molecule has 0 spiro atoms. The number of rotatable bonds is 9. The lowest BCUT2D eigenvalue weighted by Crippen LogP contribution is -2.34. The van der Waals surface area contributed by atoms with Gasteiger partial charge in [-0.3, -0.25) is 0 Å². The van der Waals surface area contributed by atoms with Gasteiger partial charge in [0, 0.05) is 17.1 Å². The Hall–Kier alpha value is -0.570. The number of nitrogens with one attached hydrogen (secondary N) is 1. The smallest absolute Gasteiger partial charge is 0.0453 e. The Morgan fingerprint density at radius 1 is 1.33 bits per heavy atom. The van der Waals surface area contributed by atoms with Crippen molar-refractivity contribution in [1.29, 1.82) is 0 Å². The van der Waals surface area contributed by atoms with Gasteiger partial charge >= 0.3 is 0 Å². The Labute approximate surface area is 134 Å². The van der Waals surface area contributed by atoms with Gasteiger partial charge < -0.3 is 10.2 Å². The molecule has 1 aliphatic rings. The van der Waals surface area contributed by atoms with E-state index in [4.69, 9.17) is 11.6 Å². The molecule has 2 rings (SSSR count). The van der Waals surface area contributed by atoms with E-state index in [2.05, 4.69) is 43.2 Å². The van der Waals surface area contributed by atoms with Gasteiger partial charge in [0.15, 0.2) is 0 Å². The van der Waals surface area contributed by atoms with E-state index in [9.17, 15) is 0 Å². The van der Waals surface area contributed by atoms with Crippen molar-refractivity contribution >= 4 is 11.6 Å². The predicted molar refractivity (Wildman–Crippen MR) is 91.9 cm³/mol. The highest BCUT2D eigenvalue weighted by Crippen LogP contribution is 2.35. The summed E-state index contributed by atoms with van der Waals surface area (Å²) in [6.07, 6.45) is 5.08. The Bertz CT molecular complexity index is 431. The first-order valence-corrected chi connectivity index (χ1v) is 8.69. The minimum atomic E-state index is 0.354. The van der Waals surface area contributed by atoms with Gasteiger partial charge in [-0.15, -0.1) is 0 Å². The molecule has 0 amide bonds. The SMILES string of the molecule is CCCNC(CCN(C)C(C)C1CC1)c1ccccc1Cl. The molecular weight excluding hydrogens is 280 g/mol. The molecule has 1 saturated carbocycles. The average Bonchev–Trinajstić information content (AvgIpc) is 3.32. The third kappa shape index (κ3) is 4.98. The Morgan fingerprint density at radius 2 is 2.05 bits per heavy atom. The van der Waals surface area contributed by atoms with Crippen LogP contribution >= 0.6 is 11.6 Å². The molecule has 0 saturated heterocycles. The second kappa shape index (κ2) is 8.17. The van der Waals surface area contributed by atoms with Crippen molar-refractivity contribution in [3.05, 3.63) is 34.9 Å². The summed E-state index contributed by atoms with van der Waals surface area (Å²) >= 11 is 6.38. The van der Waals surface area contributed by atoms with Crippen LogP contribution in [0.15, 0.2) is 24.3 Å². The zero-order valence-electron chi connectivity index (χ0n) is 13.6. The monoisotopic (exact) mass is 308 g/mol. The molecule has 1 aliphatic carbocycles. The molecule has 0 aromatic heterocycles. The zero-order chi connectivity index (χ0) is 15.2. The van der Waals surface area contributed by atoms with Gasteiger partial charge in [-0.25, -0.2) is 0 Å². The molecule has 1 fully saturated rings. The molecule has 118 valence electrons. The summed E-state index contributed by atoms with van der Waals surface area (Å²) in [7, 11) is 2.26. The van der Waals surface area contributed by atoms with Crippen LogP contribution < -0.4 is 5.32 Å². The fraction of sp³-hybridized carbons (Fsp3) is 0.667. The van der Waals surface area contributed by atoms with Crippen molar-refractivity contribution in [2.75, 3.05) is 20.1 Å². The van der Waals surface area contributed by atoms with Crippen molar-refractivity contribution in [2.24, 2.45) is 5.92 Å². The third-order valence-corrected chi connectivity index (χ3v) is 5.04. The molecule has 1 aromatic rings. The van der Waals surface area contributed by atoms with E-state index in [1.165, 1.54) is 18.4 Å². The predicted octanol–water partition coefficient (Wildman–Crippen LogP) is 4.50. The topological polar surface area (TPSA) is 15.3 Å². The van der Waals surface area contributed by atoms with E-state index in [1.807, 2.05) is 12.1 Å². The quantitative estimate of drug-likeness (QED) is 0.722. The molecule has 3 heteroatoms. The number of halogens is 1. The van der Waals surface area contributed by atoms with E-state index in [1.54, 1.807) is 0 Å². The van der Waals surface area contributed by atoms with Crippen LogP contribution in [0.5, 0.6) is 0 Å². The lowest BCUT2D eigenvalue weighted by atomic mass is 10.0. The second-order valence-electron chi connectivity index (χ2n) is 6.38. The standard InChI is InChI=1S/C18H29ClN2/c1-4-12-20-18(16-7-5-6-8-17(16)19)11-13-21(3)14(2)15-9-10-15/h5-8,14-15,18,20H,4,9-13H2,1-3H3. The third-order valence-electron chi connectivity index (χ3n) is 4.69. The van der Waals surface area contributed by atoms with Crippen LogP contribution in [0.25, 0.3) is 0 Å². The summed E-state index contributed by atoms with van der Waals surface area (Å²) in [6, 6.07) is 9.30. The van der Waals surface area contributed by atoms with Crippen molar-refractivity contribution in [3.63, 3.8) is 0 Å². The first kappa shape index (κ1) is 16.8. The molecule has 21 heavy (non-hydrogen) atoms. The molecule has 2 nitrogen and oxygen atoms in total. The summed E-state index contributed by atoms with van der Waals surface area (Å²) in [5, 5.41) is 4.53. The Balaban J connectivity index is 1.94. The van der Waals surface area contributed by atoms with Crippen LogP contribution in [0, 0.1) is 5.92 Å². The van der Waals surface area contributed by atoms with Gasteiger partial charge in [-0.2, -0.15) is 0 Å². The summed E-state index contributed by atoms with van der Waals surface area (Å²) in [5.74, 6) is 0.928. The molecule has 0 radical (unpaired) electrons. The average molecular weight is 309 g/mol. The largest absolute Gasteiger partial charge is 0.310 e. The van der Waals surface area contributed by atoms with E-state index >= 15 is 0 Å². The summed E-state index contributed by atoms with van der Waals surface area (Å²) < 4.78 is 0. The lowest BCUT2D eigenvalue weighted by Gasteiger charge is -2.28. The van der Waals surface area contributed by atoms with Gasteiger partial charge in [0.25, 0.3) is 0 Å². The number of nitrogens with zero attached hydrogens (tertiary/aromatic N) is 1. The van der Waals surface area contributed by atoms with E-state index in [0.717, 1.165) is 36.9 Å². The maximum Gasteiger partial charge on any atom is 0.0453 e. The molecule has 2 unspecified atom stereocenters. The first-order chi connectivity index (χ1) is 10.1. The van der Waals surface area contributed by atoms with Crippen LogP contribution in [0.2, 0.25) is 5.02 Å². The Kier molecular flexibility index (Phi) is 6.53. The second-order valence-corrected chi connectivity index (χ2v) is 6.78. The van der Waals surface area contributed by atoms with Gasteiger partial charge in [0.05, 0.1) is 0 Å². The van der Waals surface area contributed by atoms with E-state index < -0.39 is 0 Å². The van der Waals surface area contributed by atoms with E-state index in [-0.39, 0.29) is 0 Å². The normalized spacial score (nSPS) is 18.0. The minimum absolute atomic E-state index is 0.354. The van der Waals surface area contributed by atoms with Crippen molar-refractivity contribution < 1.29 is 0 Å². The summed E-state index contributed by atoms with van der Waals surface area (Å²) in [5.41, 5.74) is 1.24. The first-order valence-electron chi connectivity index (χ1n) is 8.31. The van der Waals surface area contributed by atoms with Crippen LogP contribution in [0.1, 0.15) is 51.1 Å². The van der Waals surface area contributed by atoms with Gasteiger partial charge in [-0.1, -0.05) is 36.7 Å². The van der Waals surface area contributed by atoms with Gasteiger partial charge in [0.1, 0.15) is 0 Å². The Morgan fingerprint density at radius 3 is 2.67 bits per heavy atom. The van der Waals surface area contributed by atoms with Gasteiger partial charge in [-0.05, 0) is 70.3 Å². The summed E-state index contributed by atoms with van der Waals surface area (Å²) in [4.78, 5) is 2.51. The molecule has 0 aliphatic heterocycles. The van der Waals surface area contributed by atoms with Crippen molar-refractivity contribution in [2.45, 2.75) is 51.6 Å². The van der Waals surface area contributed by atoms with Crippen molar-refractivity contribution in [3.8, 4) is 0 Å². The molecule has 1 N–H and O–H groups in total. The van der Waals surface area contributed by atoms with Crippen LogP contribution in [0.4, 0.5) is 0 Å². The highest BCUT2D eigenvalue weighted by atomic mass is 35.5. The maximum absolute atomic E-state index is 6.38. The fourth-order valence-corrected chi connectivity index (χ4v) is 3.19. The molecule has 1 aromatic carbocycles. The number of benzene rings is 1. The molecular formula is C18H29ClN2. The van der Waals surface area contributed by atoms with Crippen LogP contribution in [-0.2, 0) is 0 Å².